The molecule has 0 unspecified atom stereocenters. The Kier molecular flexibility index (Phi) is 7.78. The monoisotopic (exact) mass is 518 g/mol. The second-order valence-electron chi connectivity index (χ2n) is 8.42. The zero-order chi connectivity index (χ0) is 26.5. The number of thiocarbonyl (C=S) groups is 1. The van der Waals surface area contributed by atoms with E-state index in [9.17, 15) is 14.9 Å². The van der Waals surface area contributed by atoms with Crippen LogP contribution in [0.2, 0.25) is 0 Å². The van der Waals surface area contributed by atoms with Gasteiger partial charge >= 0.3 is 5.69 Å². The minimum absolute atomic E-state index is 0.0365. The highest BCUT2D eigenvalue weighted by molar-refractivity contribution is 7.80. The number of nitrogens with zero attached hydrogens (tertiary/aromatic N) is 2. The lowest BCUT2D eigenvalue weighted by molar-refractivity contribution is -0.385. The lowest BCUT2D eigenvalue weighted by Crippen LogP contribution is -2.34. The number of oxazole rings is 1. The van der Waals surface area contributed by atoms with Gasteiger partial charge in [-0.3, -0.25) is 20.2 Å². The summed E-state index contributed by atoms with van der Waals surface area (Å²) in [7, 11) is 0. The number of amides is 1. The van der Waals surface area contributed by atoms with E-state index < -0.39 is 10.8 Å². The first-order valence-corrected chi connectivity index (χ1v) is 12.2. The van der Waals surface area contributed by atoms with Crippen LogP contribution in [0.1, 0.15) is 49.0 Å². The smallest absolute Gasteiger partial charge is 0.311 e. The van der Waals surface area contributed by atoms with Gasteiger partial charge in [-0.05, 0) is 79.5 Å². The number of nitrogens with one attached hydrogen (secondary N) is 2. The second kappa shape index (κ2) is 11.2. The average molecular weight is 519 g/mol. The summed E-state index contributed by atoms with van der Waals surface area (Å²) in [6, 6.07) is 17.3. The van der Waals surface area contributed by atoms with Gasteiger partial charge in [-0.15, -0.1) is 0 Å². The molecule has 37 heavy (non-hydrogen) atoms. The number of hydrogen-bond donors (Lipinski definition) is 2. The van der Waals surface area contributed by atoms with Crippen LogP contribution in [0.25, 0.3) is 22.6 Å². The third-order valence-corrected chi connectivity index (χ3v) is 6.11. The van der Waals surface area contributed by atoms with Crippen LogP contribution in [0.5, 0.6) is 5.75 Å². The molecule has 0 bridgehead atoms. The fourth-order valence-electron chi connectivity index (χ4n) is 3.76. The summed E-state index contributed by atoms with van der Waals surface area (Å²) in [4.78, 5) is 28.0. The van der Waals surface area contributed by atoms with Crippen molar-refractivity contribution in [1.82, 2.24) is 10.3 Å². The molecule has 4 aromatic rings. The molecule has 0 aliphatic rings. The highest BCUT2D eigenvalue weighted by atomic mass is 32.1. The number of carbonyl (C=O) groups excluding carboxylic acids is 1. The molecule has 9 nitrogen and oxygen atoms in total. The fraction of sp³-hybridized carbons (Fsp3) is 0.222. The highest BCUT2D eigenvalue weighted by Gasteiger charge is 2.19. The molecule has 0 aliphatic heterocycles. The topological polar surface area (TPSA) is 120 Å². The van der Waals surface area contributed by atoms with Crippen LogP contribution >= 0.6 is 12.2 Å². The number of fused-ring (bicyclic) bond motifs is 1. The molecule has 0 aliphatic carbocycles. The fourth-order valence-corrected chi connectivity index (χ4v) is 3.97. The van der Waals surface area contributed by atoms with Crippen molar-refractivity contribution in [1.29, 1.82) is 0 Å². The van der Waals surface area contributed by atoms with Crippen molar-refractivity contribution in [2.75, 3.05) is 11.9 Å². The Balaban J connectivity index is 1.47. The van der Waals surface area contributed by atoms with Gasteiger partial charge in [-0.25, -0.2) is 4.98 Å². The summed E-state index contributed by atoms with van der Waals surface area (Å²) < 4.78 is 11.2. The van der Waals surface area contributed by atoms with E-state index in [-0.39, 0.29) is 28.7 Å². The normalized spacial score (nSPS) is 11.6. The van der Waals surface area contributed by atoms with Crippen molar-refractivity contribution in [3.05, 3.63) is 81.9 Å². The number of nitro benzene ring substituents is 1. The summed E-state index contributed by atoms with van der Waals surface area (Å²) in [6.07, 6.45) is 1.04. The minimum atomic E-state index is -0.596. The summed E-state index contributed by atoms with van der Waals surface area (Å²) in [5.74, 6) is 0.409. The van der Waals surface area contributed by atoms with Crippen LogP contribution in [0.15, 0.2) is 65.1 Å². The van der Waals surface area contributed by atoms with Gasteiger partial charge < -0.3 is 14.5 Å². The summed E-state index contributed by atoms with van der Waals surface area (Å²) >= 11 is 5.29. The number of benzene rings is 3. The molecule has 0 spiro atoms. The summed E-state index contributed by atoms with van der Waals surface area (Å²) in [5, 5.41) is 16.9. The van der Waals surface area contributed by atoms with Crippen molar-refractivity contribution >= 4 is 45.7 Å². The molecule has 0 radical (unpaired) electrons. The molecule has 1 aromatic heterocycles. The first-order chi connectivity index (χ1) is 17.8. The molecule has 1 heterocycles. The van der Waals surface area contributed by atoms with Crippen LogP contribution in [0, 0.1) is 10.1 Å². The lowest BCUT2D eigenvalue weighted by atomic mass is 9.98. The predicted molar refractivity (Wildman–Crippen MR) is 146 cm³/mol. The Labute approximate surface area is 219 Å². The summed E-state index contributed by atoms with van der Waals surface area (Å²) in [6.45, 7) is 6.31. The van der Waals surface area contributed by atoms with E-state index in [0.717, 1.165) is 23.6 Å². The number of carbonyl (C=O) groups is 1. The van der Waals surface area contributed by atoms with Crippen molar-refractivity contribution in [3.63, 3.8) is 0 Å². The molecule has 0 fully saturated rings. The van der Waals surface area contributed by atoms with E-state index in [1.807, 2.05) is 18.2 Å². The first-order valence-electron chi connectivity index (χ1n) is 11.8. The van der Waals surface area contributed by atoms with E-state index in [4.69, 9.17) is 21.4 Å². The molecule has 3 aromatic carbocycles. The molecule has 10 heteroatoms. The molecular formula is C27H26N4O5S. The standard InChI is InChI=1S/C27H26N4O5S/c1-4-16(3)17-9-11-23-21(14-17)29-26(36-23)19-7-6-8-20(13-19)28-27(37)30-25(32)18-10-12-24(35-5-2)22(15-18)31(33)34/h6-16H,4-5H2,1-3H3,(H2,28,30,32,37)/t16-/m1/s1. The van der Waals surface area contributed by atoms with Gasteiger partial charge in [0.1, 0.15) is 5.52 Å². The van der Waals surface area contributed by atoms with Crippen LogP contribution < -0.4 is 15.4 Å². The number of nitro groups is 1. The van der Waals surface area contributed by atoms with Gasteiger partial charge in [0.15, 0.2) is 16.4 Å². The number of ether oxygens (including phenoxy) is 1. The van der Waals surface area contributed by atoms with Crippen molar-refractivity contribution in [3.8, 4) is 17.2 Å². The molecule has 2 N–H and O–H groups in total. The lowest BCUT2D eigenvalue weighted by Gasteiger charge is -2.11. The average Bonchev–Trinajstić information content (AvgIpc) is 3.32. The molecule has 4 rings (SSSR count). The zero-order valence-electron chi connectivity index (χ0n) is 20.6. The van der Waals surface area contributed by atoms with Crippen LogP contribution in [-0.4, -0.2) is 27.5 Å². The van der Waals surface area contributed by atoms with Gasteiger partial charge in [0.2, 0.25) is 5.89 Å². The molecule has 1 amide bonds. The Bertz CT molecular complexity index is 1480. The van der Waals surface area contributed by atoms with Crippen LogP contribution in [0.3, 0.4) is 0 Å². The molecule has 0 saturated carbocycles. The molecule has 190 valence electrons. The van der Waals surface area contributed by atoms with E-state index in [1.54, 1.807) is 19.1 Å². The van der Waals surface area contributed by atoms with Crippen molar-refractivity contribution in [2.24, 2.45) is 0 Å². The van der Waals surface area contributed by atoms with E-state index in [2.05, 4.69) is 41.6 Å². The summed E-state index contributed by atoms with van der Waals surface area (Å²) in [5.41, 5.74) is 3.84. The van der Waals surface area contributed by atoms with E-state index >= 15 is 0 Å². The van der Waals surface area contributed by atoms with Crippen molar-refractivity contribution < 1.29 is 18.9 Å². The highest BCUT2D eigenvalue weighted by Crippen LogP contribution is 2.30. The number of anilines is 1. The second-order valence-corrected chi connectivity index (χ2v) is 8.83. The van der Waals surface area contributed by atoms with Gasteiger partial charge in [0.25, 0.3) is 5.91 Å². The Morgan fingerprint density at radius 2 is 1.97 bits per heavy atom. The first kappa shape index (κ1) is 25.8. The minimum Gasteiger partial charge on any atom is -0.487 e. The van der Waals surface area contributed by atoms with Gasteiger partial charge in [-0.1, -0.05) is 26.0 Å². The maximum Gasteiger partial charge on any atom is 0.311 e. The van der Waals surface area contributed by atoms with Gasteiger partial charge in [0, 0.05) is 22.9 Å². The van der Waals surface area contributed by atoms with Crippen molar-refractivity contribution in [2.45, 2.75) is 33.1 Å². The third-order valence-electron chi connectivity index (χ3n) is 5.91. The molecule has 0 saturated heterocycles. The van der Waals surface area contributed by atoms with Gasteiger partial charge in [0.05, 0.1) is 11.5 Å². The number of hydrogen-bond acceptors (Lipinski definition) is 7. The Morgan fingerprint density at radius 1 is 1.16 bits per heavy atom. The SMILES string of the molecule is CCOc1ccc(C(=O)NC(=S)Nc2cccc(-c3nc4cc([C@H](C)CC)ccc4o3)c2)cc1[N+](=O)[O-]. The molecular weight excluding hydrogens is 492 g/mol. The molecule has 1 atom stereocenters. The maximum absolute atomic E-state index is 12.6. The zero-order valence-corrected chi connectivity index (χ0v) is 21.4. The number of rotatable bonds is 8. The van der Waals surface area contributed by atoms with E-state index in [0.29, 0.717) is 23.1 Å². The number of aromatic nitrogens is 1. The van der Waals surface area contributed by atoms with Crippen LogP contribution in [0.4, 0.5) is 11.4 Å². The maximum atomic E-state index is 12.6. The Hall–Kier alpha value is -4.31. The van der Waals surface area contributed by atoms with Crippen LogP contribution in [-0.2, 0) is 0 Å². The Morgan fingerprint density at radius 3 is 2.70 bits per heavy atom. The third kappa shape index (κ3) is 5.92. The predicted octanol–water partition coefficient (Wildman–Crippen LogP) is 6.44. The van der Waals surface area contributed by atoms with Gasteiger partial charge in [-0.2, -0.15) is 0 Å². The van der Waals surface area contributed by atoms with E-state index in [1.165, 1.54) is 17.7 Å². The quantitative estimate of drug-likeness (QED) is 0.155. The largest absolute Gasteiger partial charge is 0.487 e.